The van der Waals surface area contributed by atoms with Crippen molar-refractivity contribution in [2.75, 3.05) is 40.5 Å². The van der Waals surface area contributed by atoms with Gasteiger partial charge >= 0.3 is 0 Å². The number of hydrogen-bond acceptors (Lipinski definition) is 4. The van der Waals surface area contributed by atoms with Crippen molar-refractivity contribution in [2.24, 2.45) is 11.8 Å². The number of hydrogen-bond donors (Lipinski definition) is 0. The lowest BCUT2D eigenvalue weighted by molar-refractivity contribution is -0.136. The van der Waals surface area contributed by atoms with Crippen LogP contribution in [0.5, 0.6) is 0 Å². The van der Waals surface area contributed by atoms with Crippen LogP contribution < -0.4 is 0 Å². The summed E-state index contributed by atoms with van der Waals surface area (Å²) in [7, 11) is 4.24. The normalized spacial score (nSPS) is 52.3. The lowest BCUT2D eigenvalue weighted by atomic mass is 9.95. The van der Waals surface area contributed by atoms with Gasteiger partial charge in [-0.15, -0.1) is 0 Å². The summed E-state index contributed by atoms with van der Waals surface area (Å²) in [5.41, 5.74) is 0.0616. The number of methoxy groups -OCH3 is 1. The van der Waals surface area contributed by atoms with E-state index < -0.39 is 0 Å². The SMILES string of the molecule is COC1(N2CCOCC2)[C@@H]2[C@H]1[C@H]1CCC[C@@H]2N1C. The molecule has 3 saturated heterocycles. The van der Waals surface area contributed by atoms with Crippen LogP contribution in [0.4, 0.5) is 0 Å². The largest absolute Gasteiger partial charge is 0.379 e. The molecule has 4 rings (SSSR count). The quantitative estimate of drug-likeness (QED) is 0.725. The van der Waals surface area contributed by atoms with E-state index in [-0.39, 0.29) is 5.72 Å². The van der Waals surface area contributed by atoms with Crippen LogP contribution in [0.1, 0.15) is 19.3 Å². The maximum atomic E-state index is 6.08. The van der Waals surface area contributed by atoms with Gasteiger partial charge in [0.15, 0.2) is 0 Å². The van der Waals surface area contributed by atoms with Crippen molar-refractivity contribution in [1.82, 2.24) is 9.80 Å². The second-order valence-electron chi connectivity index (χ2n) is 6.34. The van der Waals surface area contributed by atoms with Crippen molar-refractivity contribution in [3.05, 3.63) is 0 Å². The lowest BCUT2D eigenvalue weighted by Crippen LogP contribution is -2.55. The fraction of sp³-hybridized carbons (Fsp3) is 1.00. The molecule has 1 unspecified atom stereocenters. The zero-order chi connectivity index (χ0) is 12.3. The minimum Gasteiger partial charge on any atom is -0.379 e. The van der Waals surface area contributed by atoms with Gasteiger partial charge in [-0.25, -0.2) is 0 Å². The Morgan fingerprint density at radius 1 is 1.11 bits per heavy atom. The van der Waals surface area contributed by atoms with E-state index in [4.69, 9.17) is 9.47 Å². The molecule has 1 aliphatic carbocycles. The van der Waals surface area contributed by atoms with E-state index >= 15 is 0 Å². The highest BCUT2D eigenvalue weighted by Gasteiger charge is 2.78. The zero-order valence-electron chi connectivity index (χ0n) is 11.5. The summed E-state index contributed by atoms with van der Waals surface area (Å²) in [5.74, 6) is 1.50. The molecule has 102 valence electrons. The van der Waals surface area contributed by atoms with Crippen molar-refractivity contribution in [1.29, 1.82) is 0 Å². The molecule has 5 atom stereocenters. The summed E-state index contributed by atoms with van der Waals surface area (Å²) in [4.78, 5) is 5.21. The first kappa shape index (κ1) is 11.6. The van der Waals surface area contributed by atoms with E-state index in [2.05, 4.69) is 16.8 Å². The molecule has 0 spiro atoms. The summed E-state index contributed by atoms with van der Waals surface area (Å²) in [5, 5.41) is 0. The lowest BCUT2D eigenvalue weighted by Gasteiger charge is -2.44. The van der Waals surface area contributed by atoms with Gasteiger partial charge in [0.25, 0.3) is 0 Å². The van der Waals surface area contributed by atoms with Gasteiger partial charge < -0.3 is 9.47 Å². The van der Waals surface area contributed by atoms with Crippen molar-refractivity contribution in [3.63, 3.8) is 0 Å². The van der Waals surface area contributed by atoms with E-state index in [0.29, 0.717) is 0 Å². The Hall–Kier alpha value is -0.160. The molecule has 3 heterocycles. The Morgan fingerprint density at radius 2 is 1.72 bits per heavy atom. The summed E-state index contributed by atoms with van der Waals surface area (Å²) in [6.45, 7) is 3.83. The van der Waals surface area contributed by atoms with Gasteiger partial charge in [0, 0.05) is 44.1 Å². The molecule has 0 aromatic carbocycles. The number of morpholine rings is 1. The first-order valence-corrected chi connectivity index (χ1v) is 7.40. The van der Waals surface area contributed by atoms with Crippen LogP contribution in [0.2, 0.25) is 0 Å². The summed E-state index contributed by atoms with van der Waals surface area (Å²) >= 11 is 0. The maximum Gasteiger partial charge on any atom is 0.131 e. The monoisotopic (exact) mass is 252 g/mol. The van der Waals surface area contributed by atoms with E-state index in [1.807, 2.05) is 7.11 Å². The Balaban J connectivity index is 1.62. The van der Waals surface area contributed by atoms with Gasteiger partial charge in [0.2, 0.25) is 0 Å². The van der Waals surface area contributed by atoms with E-state index in [1.165, 1.54) is 19.3 Å². The van der Waals surface area contributed by atoms with Gasteiger partial charge in [-0.3, -0.25) is 9.80 Å². The smallest absolute Gasteiger partial charge is 0.131 e. The summed E-state index contributed by atoms with van der Waals surface area (Å²) < 4.78 is 11.6. The molecule has 4 aliphatic rings. The number of rotatable bonds is 2. The highest BCUT2D eigenvalue weighted by Crippen LogP contribution is 2.67. The highest BCUT2D eigenvalue weighted by molar-refractivity contribution is 5.26. The van der Waals surface area contributed by atoms with Crippen molar-refractivity contribution < 1.29 is 9.47 Å². The fourth-order valence-corrected chi connectivity index (χ4v) is 5.22. The molecule has 0 radical (unpaired) electrons. The topological polar surface area (TPSA) is 24.9 Å². The fourth-order valence-electron chi connectivity index (χ4n) is 5.22. The van der Waals surface area contributed by atoms with Crippen molar-refractivity contribution in [2.45, 2.75) is 37.1 Å². The molecule has 2 bridgehead atoms. The first-order valence-electron chi connectivity index (χ1n) is 7.40. The summed E-state index contributed by atoms with van der Waals surface area (Å²) in [6.07, 6.45) is 4.14. The van der Waals surface area contributed by atoms with Crippen LogP contribution in [-0.2, 0) is 9.47 Å². The zero-order valence-corrected chi connectivity index (χ0v) is 11.5. The minimum absolute atomic E-state index is 0.0616. The molecule has 1 saturated carbocycles. The third kappa shape index (κ3) is 1.25. The van der Waals surface area contributed by atoms with Gasteiger partial charge in [-0.1, -0.05) is 6.42 Å². The average molecular weight is 252 g/mol. The second kappa shape index (κ2) is 3.92. The van der Waals surface area contributed by atoms with Crippen LogP contribution in [0.25, 0.3) is 0 Å². The van der Waals surface area contributed by atoms with Gasteiger partial charge in [0.1, 0.15) is 5.72 Å². The average Bonchev–Trinajstić information content (AvgIpc) is 3.06. The minimum atomic E-state index is 0.0616. The van der Waals surface area contributed by atoms with Crippen LogP contribution in [0, 0.1) is 11.8 Å². The van der Waals surface area contributed by atoms with Crippen molar-refractivity contribution in [3.8, 4) is 0 Å². The number of nitrogens with zero attached hydrogens (tertiary/aromatic N) is 2. The van der Waals surface area contributed by atoms with Crippen LogP contribution in [0.3, 0.4) is 0 Å². The second-order valence-corrected chi connectivity index (χ2v) is 6.34. The molecular formula is C14H24N2O2. The molecule has 3 aliphatic heterocycles. The Kier molecular flexibility index (Phi) is 2.54. The number of fused-ring (bicyclic) bond motifs is 5. The van der Waals surface area contributed by atoms with E-state index in [9.17, 15) is 0 Å². The van der Waals surface area contributed by atoms with E-state index in [1.54, 1.807) is 0 Å². The number of piperidine rings is 2. The summed E-state index contributed by atoms with van der Waals surface area (Å²) in [6, 6.07) is 1.52. The first-order chi connectivity index (χ1) is 8.80. The maximum absolute atomic E-state index is 6.08. The van der Waals surface area contributed by atoms with Crippen LogP contribution in [-0.4, -0.2) is 68.1 Å². The van der Waals surface area contributed by atoms with Gasteiger partial charge in [-0.2, -0.15) is 0 Å². The molecular weight excluding hydrogens is 228 g/mol. The predicted octanol–water partition coefficient (Wildman–Crippen LogP) is 0.774. The molecule has 4 fully saturated rings. The van der Waals surface area contributed by atoms with Gasteiger partial charge in [-0.05, 0) is 19.9 Å². The molecule has 4 heteroatoms. The van der Waals surface area contributed by atoms with Gasteiger partial charge in [0.05, 0.1) is 13.2 Å². The molecule has 0 amide bonds. The van der Waals surface area contributed by atoms with Crippen molar-refractivity contribution >= 4 is 0 Å². The molecule has 0 aromatic heterocycles. The molecule has 0 N–H and O–H groups in total. The Morgan fingerprint density at radius 3 is 2.28 bits per heavy atom. The highest BCUT2D eigenvalue weighted by atomic mass is 16.5. The third-order valence-electron chi connectivity index (χ3n) is 5.94. The Bertz CT molecular complexity index is 325. The molecule has 0 aromatic rings. The number of ether oxygens (including phenoxy) is 2. The van der Waals surface area contributed by atoms with Crippen LogP contribution >= 0.6 is 0 Å². The third-order valence-corrected chi connectivity index (χ3v) is 5.94. The standard InChI is InChI=1S/C14H24N2O2/c1-15-10-4-3-5-11(15)13-12(10)14(13,17-2)16-6-8-18-9-7-16/h10-13H,3-9H2,1-2H3/t10-,11+,12-,13+,14?. The predicted molar refractivity (Wildman–Crippen MR) is 68.3 cm³/mol. The molecule has 18 heavy (non-hydrogen) atoms. The molecule has 4 nitrogen and oxygen atoms in total. The van der Waals surface area contributed by atoms with Crippen LogP contribution in [0.15, 0.2) is 0 Å². The van der Waals surface area contributed by atoms with E-state index in [0.717, 1.165) is 50.2 Å². The Labute approximate surface area is 109 Å².